The number of ether oxygens (including phenoxy) is 4. The van der Waals surface area contributed by atoms with Gasteiger partial charge in [-0.2, -0.15) is 0 Å². The molecule has 8 heteroatoms. The maximum Gasteiger partial charge on any atom is 0.221 e. The predicted molar refractivity (Wildman–Crippen MR) is 114 cm³/mol. The minimum atomic E-state index is -1.31. The van der Waals surface area contributed by atoms with Gasteiger partial charge >= 0.3 is 0 Å². The fourth-order valence-electron chi connectivity index (χ4n) is 2.69. The van der Waals surface area contributed by atoms with Crippen molar-refractivity contribution >= 4 is 28.5 Å². The average Bonchev–Trinajstić information content (AvgIpc) is 2.71. The Morgan fingerprint density at radius 2 is 1.59 bits per heavy atom. The molecule has 0 fully saturated rings. The molecule has 1 atom stereocenters. The van der Waals surface area contributed by atoms with Crippen molar-refractivity contribution in [3.63, 3.8) is 0 Å². The van der Waals surface area contributed by atoms with Gasteiger partial charge in [0.2, 0.25) is 5.91 Å². The Morgan fingerprint density at radius 1 is 0.966 bits per heavy atom. The maximum absolute atomic E-state index is 12.6. The summed E-state index contributed by atoms with van der Waals surface area (Å²) < 4.78 is 33.9. The number of hydrogen-bond acceptors (Lipinski definition) is 6. The molecule has 29 heavy (non-hydrogen) atoms. The normalized spacial score (nSPS) is 11.8. The molecule has 1 unspecified atom stereocenters. The highest BCUT2D eigenvalue weighted by Gasteiger charge is 2.12. The molecule has 0 radical (unpaired) electrons. The lowest BCUT2D eigenvalue weighted by Crippen LogP contribution is -2.07. The molecule has 2 rings (SSSR count). The Morgan fingerprint density at radius 3 is 2.10 bits per heavy atom. The SMILES string of the molecule is COc1cc(OC)c(/C=C/S(=O)Cc2ccc(OC)c(NC(C)=O)c2)c(OC)c1. The fourth-order valence-corrected chi connectivity index (χ4v) is 3.58. The minimum absolute atomic E-state index is 0.208. The van der Waals surface area contributed by atoms with Crippen LogP contribution in [0, 0.1) is 0 Å². The zero-order valence-corrected chi connectivity index (χ0v) is 17.9. The van der Waals surface area contributed by atoms with Crippen LogP contribution in [0.4, 0.5) is 5.69 Å². The van der Waals surface area contributed by atoms with Crippen LogP contribution >= 0.6 is 0 Å². The Balaban J connectivity index is 2.23. The smallest absolute Gasteiger partial charge is 0.221 e. The molecule has 0 bridgehead atoms. The van der Waals surface area contributed by atoms with Crippen LogP contribution in [0.1, 0.15) is 18.1 Å². The summed E-state index contributed by atoms with van der Waals surface area (Å²) in [6.45, 7) is 1.42. The highest BCUT2D eigenvalue weighted by Crippen LogP contribution is 2.35. The minimum Gasteiger partial charge on any atom is -0.496 e. The molecule has 2 aromatic rings. The molecular weight excluding hydrogens is 394 g/mol. The van der Waals surface area contributed by atoms with Crippen molar-refractivity contribution in [3.05, 3.63) is 46.9 Å². The molecule has 0 aromatic heterocycles. The van der Waals surface area contributed by atoms with E-state index in [4.69, 9.17) is 18.9 Å². The number of rotatable bonds is 9. The maximum atomic E-state index is 12.6. The highest BCUT2D eigenvalue weighted by molar-refractivity contribution is 7.87. The van der Waals surface area contributed by atoms with E-state index in [1.54, 1.807) is 57.1 Å². The van der Waals surface area contributed by atoms with E-state index in [1.807, 2.05) is 6.07 Å². The molecule has 1 amide bonds. The average molecular weight is 419 g/mol. The third-order valence-electron chi connectivity index (χ3n) is 4.02. The molecule has 0 heterocycles. The highest BCUT2D eigenvalue weighted by atomic mass is 32.2. The van der Waals surface area contributed by atoms with Gasteiger partial charge < -0.3 is 24.3 Å². The Bertz CT molecular complexity index is 900. The zero-order chi connectivity index (χ0) is 21.4. The summed E-state index contributed by atoms with van der Waals surface area (Å²) >= 11 is 0. The standard InChI is InChI=1S/C21H25NO6S/c1-14(23)22-18-10-15(6-7-19(18)26-3)13-29(24)9-8-17-20(27-4)11-16(25-2)12-21(17)28-5/h6-12H,13H2,1-5H3,(H,22,23)/b9-8+. The van der Waals surface area contributed by atoms with Crippen molar-refractivity contribution in [2.24, 2.45) is 0 Å². The number of carbonyl (C=O) groups excluding carboxylic acids is 1. The Kier molecular flexibility index (Phi) is 8.09. The predicted octanol–water partition coefficient (Wildman–Crippen LogP) is 3.60. The number of hydrogen-bond donors (Lipinski definition) is 1. The molecule has 0 aliphatic heterocycles. The molecule has 0 saturated heterocycles. The van der Waals surface area contributed by atoms with Gasteiger partial charge in [0, 0.05) is 24.5 Å². The van der Waals surface area contributed by atoms with Gasteiger partial charge in [0.15, 0.2) is 0 Å². The first-order chi connectivity index (χ1) is 13.9. The first-order valence-electron chi connectivity index (χ1n) is 8.71. The Labute approximate surface area is 173 Å². The third-order valence-corrected chi connectivity index (χ3v) is 5.08. The van der Waals surface area contributed by atoms with Crippen molar-refractivity contribution in [1.82, 2.24) is 0 Å². The van der Waals surface area contributed by atoms with Crippen LogP contribution in [0.25, 0.3) is 6.08 Å². The number of benzene rings is 2. The fraction of sp³-hybridized carbons (Fsp3) is 0.286. The third kappa shape index (κ3) is 5.99. The molecule has 0 aliphatic carbocycles. The van der Waals surface area contributed by atoms with Gasteiger partial charge in [0.1, 0.15) is 23.0 Å². The van der Waals surface area contributed by atoms with Crippen LogP contribution in [-0.2, 0) is 21.3 Å². The molecule has 2 aromatic carbocycles. The van der Waals surface area contributed by atoms with E-state index in [1.165, 1.54) is 14.0 Å². The quantitative estimate of drug-likeness (QED) is 0.669. The molecule has 7 nitrogen and oxygen atoms in total. The monoisotopic (exact) mass is 419 g/mol. The van der Waals surface area contributed by atoms with Crippen LogP contribution in [-0.4, -0.2) is 38.6 Å². The summed E-state index contributed by atoms with van der Waals surface area (Å²) in [5, 5.41) is 4.29. The summed E-state index contributed by atoms with van der Waals surface area (Å²) in [6.07, 6.45) is 1.70. The van der Waals surface area contributed by atoms with Gasteiger partial charge in [-0.25, -0.2) is 0 Å². The molecule has 1 N–H and O–H groups in total. The van der Waals surface area contributed by atoms with Gasteiger partial charge in [-0.05, 0) is 23.8 Å². The summed E-state index contributed by atoms with van der Waals surface area (Å²) in [5.41, 5.74) is 2.00. The van der Waals surface area contributed by atoms with Gasteiger partial charge in [0.25, 0.3) is 0 Å². The van der Waals surface area contributed by atoms with Crippen molar-refractivity contribution in [1.29, 1.82) is 0 Å². The number of nitrogens with one attached hydrogen (secondary N) is 1. The number of anilines is 1. The van der Waals surface area contributed by atoms with E-state index in [2.05, 4.69) is 5.32 Å². The van der Waals surface area contributed by atoms with Crippen molar-refractivity contribution < 1.29 is 28.0 Å². The topological polar surface area (TPSA) is 83.1 Å². The second-order valence-corrected chi connectivity index (χ2v) is 7.31. The van der Waals surface area contributed by atoms with E-state index in [-0.39, 0.29) is 11.7 Å². The van der Waals surface area contributed by atoms with Crippen LogP contribution in [0.2, 0.25) is 0 Å². The van der Waals surface area contributed by atoms with Crippen LogP contribution in [0.5, 0.6) is 23.0 Å². The lowest BCUT2D eigenvalue weighted by Gasteiger charge is -2.12. The summed E-state index contributed by atoms with van der Waals surface area (Å²) in [7, 11) is 4.87. The van der Waals surface area contributed by atoms with E-state index < -0.39 is 10.8 Å². The van der Waals surface area contributed by atoms with Crippen LogP contribution in [0.3, 0.4) is 0 Å². The Hall–Kier alpha value is -3.00. The van der Waals surface area contributed by atoms with Gasteiger partial charge in [-0.1, -0.05) is 6.07 Å². The lowest BCUT2D eigenvalue weighted by atomic mass is 10.1. The summed E-state index contributed by atoms with van der Waals surface area (Å²) in [5.74, 6) is 2.30. The van der Waals surface area contributed by atoms with Crippen molar-refractivity contribution in [2.75, 3.05) is 33.8 Å². The van der Waals surface area contributed by atoms with E-state index in [0.29, 0.717) is 34.2 Å². The first kappa shape index (κ1) is 22.3. The van der Waals surface area contributed by atoms with E-state index in [0.717, 1.165) is 5.56 Å². The van der Waals surface area contributed by atoms with Gasteiger partial charge in [-0.3, -0.25) is 9.00 Å². The van der Waals surface area contributed by atoms with Crippen LogP contribution in [0.15, 0.2) is 35.7 Å². The number of amides is 1. The molecule has 0 spiro atoms. The first-order valence-corrected chi connectivity index (χ1v) is 10.1. The molecule has 0 aliphatic rings. The van der Waals surface area contributed by atoms with Crippen molar-refractivity contribution in [3.8, 4) is 23.0 Å². The summed E-state index contributed by atoms with van der Waals surface area (Å²) in [6, 6.07) is 8.75. The zero-order valence-electron chi connectivity index (χ0n) is 17.1. The molecule has 156 valence electrons. The largest absolute Gasteiger partial charge is 0.496 e. The van der Waals surface area contributed by atoms with E-state index >= 15 is 0 Å². The van der Waals surface area contributed by atoms with E-state index in [9.17, 15) is 9.00 Å². The van der Waals surface area contributed by atoms with Crippen molar-refractivity contribution in [2.45, 2.75) is 12.7 Å². The number of carbonyl (C=O) groups is 1. The molecular formula is C21H25NO6S. The second-order valence-electron chi connectivity index (χ2n) is 5.99. The lowest BCUT2D eigenvalue weighted by molar-refractivity contribution is -0.114. The number of methoxy groups -OCH3 is 4. The van der Waals surface area contributed by atoms with Gasteiger partial charge in [0.05, 0.1) is 56.2 Å². The van der Waals surface area contributed by atoms with Crippen LogP contribution < -0.4 is 24.3 Å². The molecule has 0 saturated carbocycles. The summed E-state index contributed by atoms with van der Waals surface area (Å²) in [4.78, 5) is 11.4. The second kappa shape index (κ2) is 10.5. The van der Waals surface area contributed by atoms with Gasteiger partial charge in [-0.15, -0.1) is 0 Å².